The second-order valence-electron chi connectivity index (χ2n) is 4.96. The zero-order valence-corrected chi connectivity index (χ0v) is 10.6. The minimum absolute atomic E-state index is 0.0603. The molecule has 3 nitrogen and oxygen atoms in total. The number of hydrogen-bond donors (Lipinski definition) is 0. The summed E-state index contributed by atoms with van der Waals surface area (Å²) < 4.78 is 0. The molecule has 0 N–H and O–H groups in total. The van der Waals surface area contributed by atoms with E-state index in [1.807, 2.05) is 6.07 Å². The Labute approximate surface area is 112 Å². The largest absolute Gasteiger partial charge is 0.0902 e. The first-order valence-electron chi connectivity index (χ1n) is 6.55. The van der Waals surface area contributed by atoms with Gasteiger partial charge in [-0.15, -0.1) is 0 Å². The quantitative estimate of drug-likeness (QED) is 0.429. The second kappa shape index (κ2) is 5.17. The predicted molar refractivity (Wildman–Crippen MR) is 76.0 cm³/mol. The van der Waals surface area contributed by atoms with Gasteiger partial charge in [0.2, 0.25) is 0 Å². The summed E-state index contributed by atoms with van der Waals surface area (Å²) in [5.41, 5.74) is 12.7. The zero-order valence-electron chi connectivity index (χ0n) is 10.6. The van der Waals surface area contributed by atoms with Crippen molar-refractivity contribution in [1.29, 1.82) is 0 Å². The van der Waals surface area contributed by atoms with Crippen molar-refractivity contribution in [1.82, 2.24) is 0 Å². The Hall–Kier alpha value is -2.25. The molecule has 0 heterocycles. The number of rotatable bonds is 2. The summed E-state index contributed by atoms with van der Waals surface area (Å²) in [7, 11) is 0. The van der Waals surface area contributed by atoms with Crippen LogP contribution in [0.15, 0.2) is 59.7 Å². The smallest absolute Gasteiger partial charge is 0.0423 e. The van der Waals surface area contributed by atoms with Gasteiger partial charge in [-0.1, -0.05) is 59.7 Å². The summed E-state index contributed by atoms with van der Waals surface area (Å²) in [6, 6.07) is 19.0. The molecule has 2 aromatic carbocycles. The van der Waals surface area contributed by atoms with Crippen molar-refractivity contribution in [2.45, 2.75) is 24.8 Å². The summed E-state index contributed by atoms with van der Waals surface area (Å²) in [5, 5.41) is 3.94. The fraction of sp³-hybridized carbons (Fsp3) is 0.250. The van der Waals surface area contributed by atoms with Crippen molar-refractivity contribution in [2.75, 3.05) is 0 Å². The van der Waals surface area contributed by atoms with Gasteiger partial charge in [0.05, 0.1) is 0 Å². The van der Waals surface area contributed by atoms with Crippen LogP contribution in [0.4, 0.5) is 0 Å². The highest BCUT2D eigenvalue weighted by molar-refractivity contribution is 5.40. The highest BCUT2D eigenvalue weighted by Gasteiger charge is 2.26. The van der Waals surface area contributed by atoms with Crippen LogP contribution in [0.1, 0.15) is 29.0 Å². The highest BCUT2D eigenvalue weighted by atomic mass is 15.1. The number of fused-ring (bicyclic) bond motifs is 1. The normalized spacial score (nSPS) is 21.3. The maximum Gasteiger partial charge on any atom is 0.0423 e. The molecule has 2 atom stereocenters. The molecule has 0 aliphatic heterocycles. The van der Waals surface area contributed by atoms with Crippen LogP contribution >= 0.6 is 0 Å². The first-order chi connectivity index (χ1) is 9.38. The molecule has 0 spiro atoms. The molecule has 0 saturated heterocycles. The fourth-order valence-corrected chi connectivity index (χ4v) is 2.96. The number of azide groups is 1. The monoisotopic (exact) mass is 249 g/mol. The summed E-state index contributed by atoms with van der Waals surface area (Å²) >= 11 is 0. The van der Waals surface area contributed by atoms with Gasteiger partial charge in [-0.3, -0.25) is 0 Å². The minimum atomic E-state index is 0.0603. The van der Waals surface area contributed by atoms with E-state index in [0.29, 0.717) is 5.92 Å². The molecule has 1 unspecified atom stereocenters. The van der Waals surface area contributed by atoms with E-state index in [-0.39, 0.29) is 6.04 Å². The first kappa shape index (κ1) is 11.8. The molecule has 19 heavy (non-hydrogen) atoms. The molecule has 1 aliphatic rings. The molecule has 2 aromatic rings. The molecule has 0 saturated carbocycles. The average Bonchev–Trinajstić information content (AvgIpc) is 2.48. The summed E-state index contributed by atoms with van der Waals surface area (Å²) in [4.78, 5) is 2.99. The van der Waals surface area contributed by atoms with E-state index in [1.54, 1.807) is 0 Å². The van der Waals surface area contributed by atoms with Gasteiger partial charge in [0, 0.05) is 16.9 Å². The molecule has 0 fully saturated rings. The molecular formula is C16H15N3. The Bertz CT molecular complexity index is 615. The third-order valence-corrected chi connectivity index (χ3v) is 3.81. The topological polar surface area (TPSA) is 48.8 Å². The SMILES string of the molecule is [N-]=[N+]=NC1Cc2ccccc2[C@@H](c2ccccc2)C1. The van der Waals surface area contributed by atoms with Gasteiger partial charge in [-0.2, -0.15) is 0 Å². The van der Waals surface area contributed by atoms with Crippen LogP contribution in [0.2, 0.25) is 0 Å². The minimum Gasteiger partial charge on any atom is -0.0902 e. The van der Waals surface area contributed by atoms with Crippen molar-refractivity contribution < 1.29 is 0 Å². The van der Waals surface area contributed by atoms with Crippen molar-refractivity contribution >= 4 is 0 Å². The standard InChI is InChI=1S/C16H15N3/c17-19-18-14-10-13-8-4-5-9-15(13)16(11-14)12-6-2-1-3-7-12/h1-9,14,16H,10-11H2/t14?,16-/m1/s1. The summed E-state index contributed by atoms with van der Waals surface area (Å²) in [6.45, 7) is 0. The first-order valence-corrected chi connectivity index (χ1v) is 6.55. The third-order valence-electron chi connectivity index (χ3n) is 3.81. The highest BCUT2D eigenvalue weighted by Crippen LogP contribution is 2.37. The van der Waals surface area contributed by atoms with Crippen LogP contribution in [-0.4, -0.2) is 6.04 Å². The van der Waals surface area contributed by atoms with Crippen LogP contribution in [0.5, 0.6) is 0 Å². The van der Waals surface area contributed by atoms with Gasteiger partial charge in [0.15, 0.2) is 0 Å². The Kier molecular flexibility index (Phi) is 3.21. The average molecular weight is 249 g/mol. The van der Waals surface area contributed by atoms with Crippen LogP contribution in [0, 0.1) is 0 Å². The molecule has 3 heteroatoms. The molecule has 0 amide bonds. The van der Waals surface area contributed by atoms with Gasteiger partial charge in [0.25, 0.3) is 0 Å². The van der Waals surface area contributed by atoms with Gasteiger partial charge in [0.1, 0.15) is 0 Å². The molecule has 1 aliphatic carbocycles. The van der Waals surface area contributed by atoms with Gasteiger partial charge >= 0.3 is 0 Å². The maximum absolute atomic E-state index is 8.68. The lowest BCUT2D eigenvalue weighted by atomic mass is 9.77. The second-order valence-corrected chi connectivity index (χ2v) is 4.96. The van der Waals surface area contributed by atoms with Crippen molar-refractivity contribution in [3.05, 3.63) is 81.7 Å². The Morgan fingerprint density at radius 3 is 2.53 bits per heavy atom. The van der Waals surface area contributed by atoms with Gasteiger partial charge in [-0.25, -0.2) is 0 Å². The number of benzene rings is 2. The van der Waals surface area contributed by atoms with Crippen LogP contribution in [0.25, 0.3) is 10.4 Å². The zero-order chi connectivity index (χ0) is 13.1. The van der Waals surface area contributed by atoms with Crippen LogP contribution in [-0.2, 0) is 6.42 Å². The Balaban J connectivity index is 2.05. The Morgan fingerprint density at radius 1 is 1.00 bits per heavy atom. The fourth-order valence-electron chi connectivity index (χ4n) is 2.96. The molecular weight excluding hydrogens is 234 g/mol. The third kappa shape index (κ3) is 2.33. The lowest BCUT2D eigenvalue weighted by Crippen LogP contribution is -2.21. The van der Waals surface area contributed by atoms with Crippen LogP contribution < -0.4 is 0 Å². The number of hydrogen-bond acceptors (Lipinski definition) is 1. The van der Waals surface area contributed by atoms with Crippen LogP contribution in [0.3, 0.4) is 0 Å². The van der Waals surface area contributed by atoms with E-state index in [2.05, 4.69) is 58.6 Å². The summed E-state index contributed by atoms with van der Waals surface area (Å²) in [5.74, 6) is 0.335. The van der Waals surface area contributed by atoms with E-state index in [9.17, 15) is 0 Å². The molecule has 0 bridgehead atoms. The van der Waals surface area contributed by atoms with E-state index >= 15 is 0 Å². The lowest BCUT2D eigenvalue weighted by Gasteiger charge is -2.29. The van der Waals surface area contributed by atoms with E-state index in [4.69, 9.17) is 5.53 Å². The lowest BCUT2D eigenvalue weighted by molar-refractivity contribution is 0.529. The van der Waals surface area contributed by atoms with E-state index in [0.717, 1.165) is 12.8 Å². The van der Waals surface area contributed by atoms with E-state index in [1.165, 1.54) is 16.7 Å². The number of nitrogens with zero attached hydrogens (tertiary/aromatic N) is 3. The van der Waals surface area contributed by atoms with Crippen molar-refractivity contribution in [3.63, 3.8) is 0 Å². The molecule has 3 rings (SSSR count). The maximum atomic E-state index is 8.68. The molecule has 0 aromatic heterocycles. The Morgan fingerprint density at radius 2 is 1.74 bits per heavy atom. The van der Waals surface area contributed by atoms with Gasteiger partial charge in [-0.05, 0) is 35.1 Å². The molecule has 94 valence electrons. The van der Waals surface area contributed by atoms with Gasteiger partial charge < -0.3 is 0 Å². The van der Waals surface area contributed by atoms with E-state index < -0.39 is 0 Å². The van der Waals surface area contributed by atoms with Crippen molar-refractivity contribution in [3.8, 4) is 0 Å². The predicted octanol–water partition coefficient (Wildman–Crippen LogP) is 4.44. The molecule has 0 radical (unpaired) electrons. The van der Waals surface area contributed by atoms with Crippen molar-refractivity contribution in [2.24, 2.45) is 5.11 Å². The summed E-state index contributed by atoms with van der Waals surface area (Å²) in [6.07, 6.45) is 1.74.